The summed E-state index contributed by atoms with van der Waals surface area (Å²) in [4.78, 5) is 0. The molecule has 1 aliphatic carbocycles. The Kier molecular flexibility index (Phi) is 5.22. The van der Waals surface area contributed by atoms with Gasteiger partial charge in [0.2, 0.25) is 0 Å². The van der Waals surface area contributed by atoms with Gasteiger partial charge in [-0.15, -0.1) is 12.4 Å². The van der Waals surface area contributed by atoms with E-state index in [0.717, 1.165) is 6.54 Å². The van der Waals surface area contributed by atoms with Crippen molar-refractivity contribution in [1.29, 1.82) is 0 Å². The Morgan fingerprint density at radius 3 is 1.90 bits per heavy atom. The van der Waals surface area contributed by atoms with E-state index in [2.05, 4.69) is 53.8 Å². The quantitative estimate of drug-likeness (QED) is 0.882. The SMILES string of the molecule is CNCC1c2ccccc2CCCc2ccccc21.Cl. The zero-order valence-corrected chi connectivity index (χ0v) is 12.7. The molecule has 1 N–H and O–H groups in total. The molecule has 20 heavy (non-hydrogen) atoms. The lowest BCUT2D eigenvalue weighted by Crippen LogP contribution is -2.21. The minimum atomic E-state index is 0. The summed E-state index contributed by atoms with van der Waals surface area (Å²) in [5, 5.41) is 3.37. The molecular weight excluding hydrogens is 266 g/mol. The first-order valence-electron chi connectivity index (χ1n) is 7.20. The Balaban J connectivity index is 0.00000147. The maximum absolute atomic E-state index is 3.37. The van der Waals surface area contributed by atoms with Gasteiger partial charge in [0.25, 0.3) is 0 Å². The molecule has 106 valence electrons. The van der Waals surface area contributed by atoms with E-state index in [4.69, 9.17) is 0 Å². The lowest BCUT2D eigenvalue weighted by Gasteiger charge is -2.26. The van der Waals surface area contributed by atoms with Crippen LogP contribution in [0.4, 0.5) is 0 Å². The van der Waals surface area contributed by atoms with Crippen LogP contribution in [0.2, 0.25) is 0 Å². The smallest absolute Gasteiger partial charge is 0.0220 e. The Hall–Kier alpha value is -1.31. The van der Waals surface area contributed by atoms with Gasteiger partial charge in [0.1, 0.15) is 0 Å². The summed E-state index contributed by atoms with van der Waals surface area (Å²) in [6, 6.07) is 17.9. The summed E-state index contributed by atoms with van der Waals surface area (Å²) >= 11 is 0. The highest BCUT2D eigenvalue weighted by Gasteiger charge is 2.21. The normalized spacial score (nSPS) is 14.4. The van der Waals surface area contributed by atoms with Gasteiger partial charge < -0.3 is 5.32 Å². The van der Waals surface area contributed by atoms with Crippen molar-refractivity contribution < 1.29 is 0 Å². The third-order valence-electron chi connectivity index (χ3n) is 4.16. The van der Waals surface area contributed by atoms with Gasteiger partial charge in [-0.25, -0.2) is 0 Å². The molecule has 0 fully saturated rings. The second-order valence-corrected chi connectivity index (χ2v) is 5.36. The zero-order valence-electron chi connectivity index (χ0n) is 11.9. The largest absolute Gasteiger partial charge is 0.319 e. The lowest BCUT2D eigenvalue weighted by molar-refractivity contribution is 0.671. The van der Waals surface area contributed by atoms with E-state index in [1.165, 1.54) is 41.5 Å². The van der Waals surface area contributed by atoms with Gasteiger partial charge >= 0.3 is 0 Å². The summed E-state index contributed by atoms with van der Waals surface area (Å²) in [5.41, 5.74) is 6.06. The van der Waals surface area contributed by atoms with Crippen LogP contribution in [0.15, 0.2) is 48.5 Å². The van der Waals surface area contributed by atoms with Gasteiger partial charge in [0.15, 0.2) is 0 Å². The minimum absolute atomic E-state index is 0. The lowest BCUT2D eigenvalue weighted by atomic mass is 9.81. The molecule has 3 rings (SSSR count). The molecule has 0 unspecified atom stereocenters. The standard InChI is InChI=1S/C18H21N.ClH/c1-19-13-18-16-11-4-2-7-14(16)9-6-10-15-8-3-5-12-17(15)18;/h2-5,7-8,11-12,18-19H,6,9-10,13H2,1H3;1H. The van der Waals surface area contributed by atoms with Crippen LogP contribution in [0, 0.1) is 0 Å². The minimum Gasteiger partial charge on any atom is -0.319 e. The Bertz CT molecular complexity index is 517. The molecule has 1 aliphatic rings. The van der Waals surface area contributed by atoms with Crippen LogP contribution in [-0.2, 0) is 12.8 Å². The molecule has 0 bridgehead atoms. The number of likely N-dealkylation sites (N-methyl/N-ethyl adjacent to an activating group) is 1. The number of hydrogen-bond acceptors (Lipinski definition) is 1. The fourth-order valence-corrected chi connectivity index (χ4v) is 3.26. The van der Waals surface area contributed by atoms with Gasteiger partial charge in [0, 0.05) is 12.5 Å². The van der Waals surface area contributed by atoms with Crippen LogP contribution in [-0.4, -0.2) is 13.6 Å². The predicted molar refractivity (Wildman–Crippen MR) is 87.9 cm³/mol. The van der Waals surface area contributed by atoms with Crippen LogP contribution in [0.25, 0.3) is 0 Å². The fraction of sp³-hybridized carbons (Fsp3) is 0.333. The van der Waals surface area contributed by atoms with E-state index in [-0.39, 0.29) is 12.4 Å². The summed E-state index contributed by atoms with van der Waals surface area (Å²) in [5.74, 6) is 0.484. The summed E-state index contributed by atoms with van der Waals surface area (Å²) in [6.07, 6.45) is 3.65. The van der Waals surface area contributed by atoms with Crippen LogP contribution in [0.3, 0.4) is 0 Å². The number of rotatable bonds is 2. The summed E-state index contributed by atoms with van der Waals surface area (Å²) < 4.78 is 0. The van der Waals surface area contributed by atoms with Gasteiger partial charge in [-0.2, -0.15) is 0 Å². The molecule has 0 radical (unpaired) electrons. The van der Waals surface area contributed by atoms with Crippen molar-refractivity contribution in [3.63, 3.8) is 0 Å². The van der Waals surface area contributed by atoms with Gasteiger partial charge in [0.05, 0.1) is 0 Å². The highest BCUT2D eigenvalue weighted by molar-refractivity contribution is 5.85. The molecule has 0 amide bonds. The van der Waals surface area contributed by atoms with E-state index in [0.29, 0.717) is 5.92 Å². The number of nitrogens with one attached hydrogen (secondary N) is 1. The maximum atomic E-state index is 3.37. The third kappa shape index (κ3) is 2.89. The molecule has 1 nitrogen and oxygen atoms in total. The molecule has 0 aromatic heterocycles. The Morgan fingerprint density at radius 2 is 1.40 bits per heavy atom. The van der Waals surface area contributed by atoms with E-state index in [1.807, 2.05) is 7.05 Å². The van der Waals surface area contributed by atoms with Crippen LogP contribution in [0.5, 0.6) is 0 Å². The highest BCUT2D eigenvalue weighted by Crippen LogP contribution is 2.32. The highest BCUT2D eigenvalue weighted by atomic mass is 35.5. The van der Waals surface area contributed by atoms with Crippen molar-refractivity contribution >= 4 is 12.4 Å². The molecule has 0 saturated heterocycles. The van der Waals surface area contributed by atoms with Crippen LogP contribution in [0.1, 0.15) is 34.6 Å². The van der Waals surface area contributed by atoms with Gasteiger partial charge in [-0.3, -0.25) is 0 Å². The van der Waals surface area contributed by atoms with E-state index < -0.39 is 0 Å². The number of halogens is 1. The fourth-order valence-electron chi connectivity index (χ4n) is 3.26. The average molecular weight is 288 g/mol. The van der Waals surface area contributed by atoms with Crippen molar-refractivity contribution in [2.45, 2.75) is 25.2 Å². The van der Waals surface area contributed by atoms with Crippen molar-refractivity contribution in [3.8, 4) is 0 Å². The average Bonchev–Trinajstić information content (AvgIpc) is 2.44. The Labute approximate surface area is 127 Å². The summed E-state index contributed by atoms with van der Waals surface area (Å²) in [6.45, 7) is 1.01. The van der Waals surface area contributed by atoms with Gasteiger partial charge in [-0.1, -0.05) is 48.5 Å². The molecule has 0 saturated carbocycles. The maximum Gasteiger partial charge on any atom is 0.0220 e. The molecule has 0 heterocycles. The van der Waals surface area contributed by atoms with Crippen LogP contribution >= 0.6 is 12.4 Å². The molecule has 0 atom stereocenters. The summed E-state index contributed by atoms with van der Waals surface area (Å²) in [7, 11) is 2.05. The third-order valence-corrected chi connectivity index (χ3v) is 4.16. The molecule has 0 aliphatic heterocycles. The molecule has 0 spiro atoms. The van der Waals surface area contributed by atoms with E-state index >= 15 is 0 Å². The molecule has 2 heteroatoms. The van der Waals surface area contributed by atoms with Crippen LogP contribution < -0.4 is 5.32 Å². The van der Waals surface area contributed by atoms with Crippen molar-refractivity contribution in [1.82, 2.24) is 5.32 Å². The number of aryl methyl sites for hydroxylation is 2. The second-order valence-electron chi connectivity index (χ2n) is 5.36. The first-order valence-corrected chi connectivity index (χ1v) is 7.20. The van der Waals surface area contributed by atoms with Gasteiger partial charge in [-0.05, 0) is 48.6 Å². The van der Waals surface area contributed by atoms with Crippen molar-refractivity contribution in [2.24, 2.45) is 0 Å². The van der Waals surface area contributed by atoms with Crippen molar-refractivity contribution in [3.05, 3.63) is 70.8 Å². The number of benzene rings is 2. The molecular formula is C18H22ClN. The Morgan fingerprint density at radius 1 is 0.900 bits per heavy atom. The van der Waals surface area contributed by atoms with E-state index in [9.17, 15) is 0 Å². The zero-order chi connectivity index (χ0) is 13.1. The number of hydrogen-bond donors (Lipinski definition) is 1. The second kappa shape index (κ2) is 6.92. The van der Waals surface area contributed by atoms with Crippen molar-refractivity contribution in [2.75, 3.05) is 13.6 Å². The monoisotopic (exact) mass is 287 g/mol. The first-order chi connectivity index (χ1) is 9.40. The molecule has 2 aromatic carbocycles. The van der Waals surface area contributed by atoms with E-state index in [1.54, 1.807) is 0 Å². The topological polar surface area (TPSA) is 12.0 Å². The predicted octanol–water partition coefficient (Wildman–Crippen LogP) is 3.95. The number of fused-ring (bicyclic) bond motifs is 2. The molecule has 2 aromatic rings. The first kappa shape index (κ1) is 15.1.